The molecule has 3 heteroatoms. The highest BCUT2D eigenvalue weighted by atomic mass is 16.5. The lowest BCUT2D eigenvalue weighted by Gasteiger charge is -2.15. The monoisotopic (exact) mass is 238 g/mol. The highest BCUT2D eigenvalue weighted by Gasteiger charge is 2.09. The van der Waals surface area contributed by atoms with Gasteiger partial charge in [0.1, 0.15) is 5.75 Å². The van der Waals surface area contributed by atoms with Gasteiger partial charge in [0.25, 0.3) is 0 Å². The van der Waals surface area contributed by atoms with Gasteiger partial charge in [0, 0.05) is 13.7 Å². The van der Waals surface area contributed by atoms with Crippen molar-refractivity contribution in [2.24, 2.45) is 0 Å². The summed E-state index contributed by atoms with van der Waals surface area (Å²) in [6, 6.07) is 7.48. The minimum atomic E-state index is 0.334. The molecule has 0 aromatic heterocycles. The van der Waals surface area contributed by atoms with E-state index in [1.165, 1.54) is 5.56 Å². The first-order valence-corrected chi connectivity index (χ1v) is 6.13. The third kappa shape index (κ3) is 5.20. The molecule has 17 heavy (non-hydrogen) atoms. The molecule has 0 heterocycles. The van der Waals surface area contributed by atoms with Crippen molar-refractivity contribution in [3.63, 3.8) is 0 Å². The fourth-order valence-corrected chi connectivity index (χ4v) is 1.86. The summed E-state index contributed by atoms with van der Waals surface area (Å²) in [5.74, 6) is 0.783. The number of rotatable bonds is 8. The van der Waals surface area contributed by atoms with Crippen molar-refractivity contribution in [1.82, 2.24) is 0 Å². The largest absolute Gasteiger partial charge is 0.508 e. The quantitative estimate of drug-likeness (QED) is 0.708. The molecule has 1 aromatic rings. The summed E-state index contributed by atoms with van der Waals surface area (Å²) >= 11 is 0. The Hall–Kier alpha value is -1.06. The van der Waals surface area contributed by atoms with Gasteiger partial charge in [-0.1, -0.05) is 19.1 Å². The Labute approximate surface area is 103 Å². The maximum atomic E-state index is 9.45. The number of ether oxygens (including phenoxy) is 2. The van der Waals surface area contributed by atoms with Gasteiger partial charge in [0.2, 0.25) is 0 Å². The van der Waals surface area contributed by atoms with E-state index in [4.69, 9.17) is 9.47 Å². The first-order chi connectivity index (χ1) is 8.27. The molecule has 1 N–H and O–H groups in total. The Morgan fingerprint density at radius 2 is 2.06 bits per heavy atom. The zero-order valence-electron chi connectivity index (χ0n) is 10.7. The van der Waals surface area contributed by atoms with Crippen LogP contribution in [-0.4, -0.2) is 32.0 Å². The summed E-state index contributed by atoms with van der Waals surface area (Å²) in [6.45, 7) is 4.18. The SMILES string of the molecule is CCC(CCOCCOC)c1cccc(O)c1. The molecule has 0 bridgehead atoms. The maximum absolute atomic E-state index is 9.45. The molecule has 0 spiro atoms. The fraction of sp³-hybridized carbons (Fsp3) is 0.571. The van der Waals surface area contributed by atoms with Crippen LogP contribution in [0.4, 0.5) is 0 Å². The Balaban J connectivity index is 2.38. The maximum Gasteiger partial charge on any atom is 0.115 e. The van der Waals surface area contributed by atoms with Crippen LogP contribution in [0, 0.1) is 0 Å². The number of hydrogen-bond donors (Lipinski definition) is 1. The minimum Gasteiger partial charge on any atom is -0.508 e. The standard InChI is InChI=1S/C14H22O3/c1-3-12(7-8-17-10-9-16-2)13-5-4-6-14(15)11-13/h4-6,11-12,15H,3,7-10H2,1-2H3. The number of aromatic hydroxyl groups is 1. The summed E-state index contributed by atoms with van der Waals surface area (Å²) in [5, 5.41) is 9.45. The molecular formula is C14H22O3. The van der Waals surface area contributed by atoms with Crippen LogP contribution in [0.2, 0.25) is 0 Å². The summed E-state index contributed by atoms with van der Waals surface area (Å²) in [7, 11) is 1.67. The van der Waals surface area contributed by atoms with Crippen molar-refractivity contribution in [2.45, 2.75) is 25.7 Å². The Morgan fingerprint density at radius 1 is 1.24 bits per heavy atom. The second-order valence-electron chi connectivity index (χ2n) is 4.09. The van der Waals surface area contributed by atoms with Gasteiger partial charge in [-0.25, -0.2) is 0 Å². The smallest absolute Gasteiger partial charge is 0.115 e. The van der Waals surface area contributed by atoms with Gasteiger partial charge in [0.15, 0.2) is 0 Å². The van der Waals surface area contributed by atoms with E-state index in [0.29, 0.717) is 24.9 Å². The lowest BCUT2D eigenvalue weighted by atomic mass is 9.93. The van der Waals surface area contributed by atoms with Crippen molar-refractivity contribution < 1.29 is 14.6 Å². The van der Waals surface area contributed by atoms with Crippen LogP contribution >= 0.6 is 0 Å². The molecule has 1 aromatic carbocycles. The van der Waals surface area contributed by atoms with E-state index in [2.05, 4.69) is 13.0 Å². The average molecular weight is 238 g/mol. The van der Waals surface area contributed by atoms with Crippen molar-refractivity contribution in [3.05, 3.63) is 29.8 Å². The normalized spacial score (nSPS) is 12.6. The molecule has 0 saturated carbocycles. The lowest BCUT2D eigenvalue weighted by molar-refractivity contribution is 0.0668. The van der Waals surface area contributed by atoms with Gasteiger partial charge < -0.3 is 14.6 Å². The second kappa shape index (κ2) is 8.09. The highest BCUT2D eigenvalue weighted by Crippen LogP contribution is 2.25. The van der Waals surface area contributed by atoms with Crippen molar-refractivity contribution in [1.29, 1.82) is 0 Å². The molecule has 1 rings (SSSR count). The number of phenols is 1. The molecule has 0 aliphatic rings. The van der Waals surface area contributed by atoms with E-state index in [0.717, 1.165) is 19.4 Å². The zero-order valence-corrected chi connectivity index (χ0v) is 10.7. The van der Waals surface area contributed by atoms with Crippen molar-refractivity contribution >= 4 is 0 Å². The number of methoxy groups -OCH3 is 1. The summed E-state index contributed by atoms with van der Waals surface area (Å²) in [4.78, 5) is 0. The third-order valence-electron chi connectivity index (χ3n) is 2.88. The van der Waals surface area contributed by atoms with E-state index < -0.39 is 0 Å². The summed E-state index contributed by atoms with van der Waals surface area (Å²) in [5.41, 5.74) is 1.18. The Morgan fingerprint density at radius 3 is 2.71 bits per heavy atom. The first-order valence-electron chi connectivity index (χ1n) is 6.13. The molecule has 0 aliphatic carbocycles. The van der Waals surface area contributed by atoms with Gasteiger partial charge in [0.05, 0.1) is 13.2 Å². The van der Waals surface area contributed by atoms with Crippen molar-refractivity contribution in [2.75, 3.05) is 26.9 Å². The molecule has 0 aliphatic heterocycles. The van der Waals surface area contributed by atoms with Crippen LogP contribution in [0.3, 0.4) is 0 Å². The molecule has 0 fully saturated rings. The average Bonchev–Trinajstić information content (AvgIpc) is 2.34. The molecule has 96 valence electrons. The van der Waals surface area contributed by atoms with Gasteiger partial charge >= 0.3 is 0 Å². The first kappa shape index (κ1) is 14.0. The van der Waals surface area contributed by atoms with Crippen LogP contribution in [0.15, 0.2) is 24.3 Å². The zero-order chi connectivity index (χ0) is 12.5. The number of hydrogen-bond acceptors (Lipinski definition) is 3. The summed E-state index contributed by atoms with van der Waals surface area (Å²) in [6.07, 6.45) is 2.03. The molecule has 0 saturated heterocycles. The molecule has 3 nitrogen and oxygen atoms in total. The molecular weight excluding hydrogens is 216 g/mol. The van der Waals surface area contributed by atoms with Gasteiger partial charge in [-0.2, -0.15) is 0 Å². The molecule has 0 amide bonds. The molecule has 0 radical (unpaired) electrons. The van der Waals surface area contributed by atoms with E-state index in [1.54, 1.807) is 13.2 Å². The van der Waals surface area contributed by atoms with Crippen molar-refractivity contribution in [3.8, 4) is 5.75 Å². The Kier molecular flexibility index (Phi) is 6.67. The van der Waals surface area contributed by atoms with Crippen LogP contribution in [0.25, 0.3) is 0 Å². The predicted octanol–water partition coefficient (Wildman–Crippen LogP) is 2.94. The van der Waals surface area contributed by atoms with E-state index in [9.17, 15) is 5.11 Å². The van der Waals surface area contributed by atoms with E-state index >= 15 is 0 Å². The van der Waals surface area contributed by atoms with Gasteiger partial charge in [-0.15, -0.1) is 0 Å². The van der Waals surface area contributed by atoms with E-state index in [1.807, 2.05) is 12.1 Å². The Bertz CT molecular complexity index is 312. The number of benzene rings is 1. The third-order valence-corrected chi connectivity index (χ3v) is 2.88. The van der Waals surface area contributed by atoms with Gasteiger partial charge in [-0.05, 0) is 36.5 Å². The van der Waals surface area contributed by atoms with Crippen LogP contribution in [-0.2, 0) is 9.47 Å². The van der Waals surface area contributed by atoms with E-state index in [-0.39, 0.29) is 0 Å². The number of phenolic OH excluding ortho intramolecular Hbond substituents is 1. The topological polar surface area (TPSA) is 38.7 Å². The minimum absolute atomic E-state index is 0.334. The summed E-state index contributed by atoms with van der Waals surface area (Å²) < 4.78 is 10.4. The fourth-order valence-electron chi connectivity index (χ4n) is 1.86. The van der Waals surface area contributed by atoms with Gasteiger partial charge in [-0.3, -0.25) is 0 Å². The highest BCUT2D eigenvalue weighted by molar-refractivity contribution is 5.29. The molecule has 1 unspecified atom stereocenters. The van der Waals surface area contributed by atoms with Crippen LogP contribution in [0.5, 0.6) is 5.75 Å². The molecule has 1 atom stereocenters. The lowest BCUT2D eigenvalue weighted by Crippen LogP contribution is -2.07. The predicted molar refractivity (Wildman–Crippen MR) is 68.5 cm³/mol. The second-order valence-corrected chi connectivity index (χ2v) is 4.09. The van der Waals surface area contributed by atoms with Crippen LogP contribution < -0.4 is 0 Å². The van der Waals surface area contributed by atoms with Crippen LogP contribution in [0.1, 0.15) is 31.2 Å².